The van der Waals surface area contributed by atoms with Crippen LogP contribution >= 0.6 is 0 Å². The molecule has 0 saturated carbocycles. The first-order valence-electron chi connectivity index (χ1n) is 5.61. The van der Waals surface area contributed by atoms with E-state index in [0.29, 0.717) is 16.5 Å². The van der Waals surface area contributed by atoms with Gasteiger partial charge in [0, 0.05) is 56.1 Å². The van der Waals surface area contributed by atoms with Crippen LogP contribution in [-0.4, -0.2) is 21.4 Å². The molecule has 5 nitrogen and oxygen atoms in total. The van der Waals surface area contributed by atoms with Crippen LogP contribution in [0.2, 0.25) is 0 Å². The summed E-state index contributed by atoms with van der Waals surface area (Å²) in [5, 5.41) is 3.89. The molecular formula is C14H16N2O3SY-2. The number of nitrogens with one attached hydrogen (secondary N) is 1. The molecule has 0 aliphatic heterocycles. The SMILES string of the molecule is C[N-]S(=O)(=O)c1ccc(NC(C)=O)c2ccccc12.[CH3-].[Y]. The Hall–Kier alpha value is -0.816. The van der Waals surface area contributed by atoms with E-state index < -0.39 is 10.0 Å². The summed E-state index contributed by atoms with van der Waals surface area (Å²) in [5.41, 5.74) is 0.582. The van der Waals surface area contributed by atoms with E-state index in [2.05, 4.69) is 10.0 Å². The predicted octanol–water partition coefficient (Wildman–Crippen LogP) is 2.94. The number of carbonyl (C=O) groups is 1. The third-order valence-electron chi connectivity index (χ3n) is 2.71. The van der Waals surface area contributed by atoms with E-state index in [-0.39, 0.29) is 50.9 Å². The molecule has 0 bridgehead atoms. The van der Waals surface area contributed by atoms with Crippen LogP contribution in [0, 0.1) is 7.43 Å². The van der Waals surface area contributed by atoms with Gasteiger partial charge in [0.15, 0.2) is 0 Å². The van der Waals surface area contributed by atoms with Gasteiger partial charge in [-0.2, -0.15) is 7.05 Å². The Morgan fingerprint density at radius 1 is 1.10 bits per heavy atom. The Kier molecular flexibility index (Phi) is 7.68. The zero-order valence-electron chi connectivity index (χ0n) is 12.1. The summed E-state index contributed by atoms with van der Waals surface area (Å²) in [5.74, 6) is -0.207. The minimum atomic E-state index is -3.66. The van der Waals surface area contributed by atoms with E-state index in [1.807, 2.05) is 0 Å². The monoisotopic (exact) mass is 381 g/mol. The van der Waals surface area contributed by atoms with Crippen LogP contribution in [0.1, 0.15) is 6.92 Å². The molecule has 2 rings (SSSR count). The van der Waals surface area contributed by atoms with Crippen molar-refractivity contribution in [3.05, 3.63) is 48.5 Å². The molecule has 1 radical (unpaired) electrons. The van der Waals surface area contributed by atoms with Crippen molar-refractivity contribution in [3.8, 4) is 0 Å². The molecule has 111 valence electrons. The second kappa shape index (κ2) is 7.99. The number of nitrogens with zero attached hydrogens (tertiary/aromatic N) is 1. The molecule has 0 aliphatic carbocycles. The van der Waals surface area contributed by atoms with Gasteiger partial charge in [-0.3, -0.25) is 4.79 Å². The van der Waals surface area contributed by atoms with E-state index in [1.54, 1.807) is 30.3 Å². The first kappa shape index (κ1) is 20.2. The number of hydrogen-bond donors (Lipinski definition) is 1. The Labute approximate surface area is 150 Å². The fourth-order valence-corrected chi connectivity index (χ4v) is 2.79. The summed E-state index contributed by atoms with van der Waals surface area (Å²) in [6.45, 7) is 1.40. The van der Waals surface area contributed by atoms with Crippen LogP contribution in [0.5, 0.6) is 0 Å². The molecule has 0 heterocycles. The van der Waals surface area contributed by atoms with Gasteiger partial charge in [0.25, 0.3) is 0 Å². The second-order valence-corrected chi connectivity index (χ2v) is 5.75. The minimum Gasteiger partial charge on any atom is -0.547 e. The number of hydrogen-bond acceptors (Lipinski definition) is 3. The van der Waals surface area contributed by atoms with Gasteiger partial charge in [-0.05, 0) is 12.1 Å². The predicted molar refractivity (Wildman–Crippen MR) is 81.1 cm³/mol. The van der Waals surface area contributed by atoms with Crippen LogP contribution in [0.3, 0.4) is 0 Å². The van der Waals surface area contributed by atoms with Gasteiger partial charge in [-0.25, -0.2) is 8.42 Å². The summed E-state index contributed by atoms with van der Waals surface area (Å²) in [4.78, 5) is 11.3. The van der Waals surface area contributed by atoms with Gasteiger partial charge >= 0.3 is 0 Å². The third-order valence-corrected chi connectivity index (χ3v) is 4.11. The van der Waals surface area contributed by atoms with Crippen LogP contribution < -0.4 is 5.32 Å². The number of fused-ring (bicyclic) bond motifs is 1. The molecular weight excluding hydrogens is 365 g/mol. The summed E-state index contributed by atoms with van der Waals surface area (Å²) in [7, 11) is -2.42. The summed E-state index contributed by atoms with van der Waals surface area (Å²) in [6.07, 6.45) is 0. The average Bonchev–Trinajstić information content (AvgIpc) is 2.38. The van der Waals surface area contributed by atoms with Crippen molar-refractivity contribution in [3.63, 3.8) is 0 Å². The summed E-state index contributed by atoms with van der Waals surface area (Å²) < 4.78 is 27.2. The zero-order valence-corrected chi connectivity index (χ0v) is 15.8. The molecule has 1 amide bonds. The van der Waals surface area contributed by atoms with Crippen LogP contribution in [0.4, 0.5) is 5.69 Å². The van der Waals surface area contributed by atoms with Gasteiger partial charge in [-0.15, -0.1) is 0 Å². The number of rotatable bonds is 3. The number of amides is 1. The van der Waals surface area contributed by atoms with E-state index in [0.717, 1.165) is 0 Å². The molecule has 0 aromatic heterocycles. The Morgan fingerprint density at radius 3 is 2.19 bits per heavy atom. The molecule has 1 N–H and O–H groups in total. The number of benzene rings is 2. The standard InChI is InChI=1S/C13H13N2O3S.CH3.Y/c1-9(16)15-12-7-8-13(19(17,18)14-2)11-6-4-3-5-10(11)12;;/h3-8H,1-2H3,(H,15,16);1H3;/q2*-1;. The van der Waals surface area contributed by atoms with Crippen LogP contribution in [0.25, 0.3) is 15.5 Å². The van der Waals surface area contributed by atoms with Gasteiger partial charge in [0.1, 0.15) is 10.0 Å². The number of anilines is 1. The maximum absolute atomic E-state index is 11.9. The molecule has 21 heavy (non-hydrogen) atoms. The topological polar surface area (TPSA) is 77.3 Å². The van der Waals surface area contributed by atoms with Crippen molar-refractivity contribution in [1.82, 2.24) is 0 Å². The van der Waals surface area contributed by atoms with Crippen LogP contribution in [-0.2, 0) is 47.5 Å². The van der Waals surface area contributed by atoms with Crippen molar-refractivity contribution < 1.29 is 45.9 Å². The van der Waals surface area contributed by atoms with Crippen molar-refractivity contribution in [2.45, 2.75) is 11.8 Å². The van der Waals surface area contributed by atoms with Gasteiger partial charge < -0.3 is 17.5 Å². The molecule has 0 unspecified atom stereocenters. The normalized spacial score (nSPS) is 10.4. The molecule has 0 saturated heterocycles. The first-order chi connectivity index (χ1) is 8.95. The fraction of sp³-hybridized carbons (Fsp3) is 0.143. The third kappa shape index (κ3) is 4.33. The molecule has 7 heteroatoms. The van der Waals surface area contributed by atoms with Gasteiger partial charge in [0.05, 0.1) is 4.90 Å². The van der Waals surface area contributed by atoms with E-state index in [9.17, 15) is 13.2 Å². The van der Waals surface area contributed by atoms with Gasteiger partial charge in [0.2, 0.25) is 5.91 Å². The van der Waals surface area contributed by atoms with Crippen molar-refractivity contribution in [1.29, 1.82) is 0 Å². The molecule has 0 fully saturated rings. The molecule has 0 spiro atoms. The van der Waals surface area contributed by atoms with Gasteiger partial charge in [-0.1, -0.05) is 24.3 Å². The first-order valence-corrected chi connectivity index (χ1v) is 7.05. The van der Waals surface area contributed by atoms with E-state index in [4.69, 9.17) is 0 Å². The number of sulfonamides is 1. The van der Waals surface area contributed by atoms with E-state index in [1.165, 1.54) is 20.0 Å². The average molecular weight is 381 g/mol. The molecule has 0 atom stereocenters. The van der Waals surface area contributed by atoms with Crippen molar-refractivity contribution in [2.24, 2.45) is 0 Å². The maximum Gasteiger partial charge on any atom is 0.221 e. The summed E-state index contributed by atoms with van der Waals surface area (Å²) in [6, 6.07) is 10.0. The number of carbonyl (C=O) groups excluding carboxylic acids is 1. The Balaban J connectivity index is 0.00000200. The zero-order chi connectivity index (χ0) is 14.0. The largest absolute Gasteiger partial charge is 0.547 e. The van der Waals surface area contributed by atoms with E-state index >= 15 is 0 Å². The quantitative estimate of drug-likeness (QED) is 0.831. The Morgan fingerprint density at radius 2 is 1.67 bits per heavy atom. The molecule has 2 aromatic carbocycles. The van der Waals surface area contributed by atoms with Crippen molar-refractivity contribution >= 4 is 32.4 Å². The maximum atomic E-state index is 11.9. The fourth-order valence-electron chi connectivity index (χ4n) is 1.89. The Bertz CT molecular complexity index is 745. The summed E-state index contributed by atoms with van der Waals surface area (Å²) >= 11 is 0. The van der Waals surface area contributed by atoms with Crippen LogP contribution in [0.15, 0.2) is 41.3 Å². The molecule has 0 aliphatic rings. The second-order valence-electron chi connectivity index (χ2n) is 4.00. The minimum absolute atomic E-state index is 0. The smallest absolute Gasteiger partial charge is 0.221 e. The molecule has 2 aromatic rings. The van der Waals surface area contributed by atoms with Crippen molar-refractivity contribution in [2.75, 3.05) is 12.4 Å².